The molecule has 1 saturated carbocycles. The van der Waals surface area contributed by atoms with Gasteiger partial charge >= 0.3 is 0 Å². The second-order valence-electron chi connectivity index (χ2n) is 11.3. The molecule has 2 fully saturated rings. The highest BCUT2D eigenvalue weighted by molar-refractivity contribution is 5.47. The lowest BCUT2D eigenvalue weighted by Crippen LogP contribution is -2.47. The number of hydrogen-bond acceptors (Lipinski definition) is 5. The predicted octanol–water partition coefficient (Wildman–Crippen LogP) is 6.43. The van der Waals surface area contributed by atoms with Crippen LogP contribution in [0.3, 0.4) is 0 Å². The maximum absolute atomic E-state index is 14.2. The molecule has 202 valence electrons. The lowest BCUT2D eigenvalue weighted by Gasteiger charge is -2.44. The molecule has 5 rings (SSSR count). The number of unbranched alkanes of at least 4 members (excludes halogenated alkanes) is 2. The zero-order valence-corrected chi connectivity index (χ0v) is 22.7. The average Bonchev–Trinajstić information content (AvgIpc) is 2.91. The summed E-state index contributed by atoms with van der Waals surface area (Å²) in [5.41, 5.74) is 5.00. The Bertz CT molecular complexity index is 1020. The van der Waals surface area contributed by atoms with Crippen LogP contribution in [0.25, 0.3) is 0 Å². The summed E-state index contributed by atoms with van der Waals surface area (Å²) in [6, 6.07) is 10.5. The van der Waals surface area contributed by atoms with E-state index in [0.29, 0.717) is 18.1 Å². The van der Waals surface area contributed by atoms with Gasteiger partial charge in [0.2, 0.25) is 0 Å². The van der Waals surface area contributed by atoms with E-state index >= 15 is 0 Å². The molecular weight excluding hydrogens is 465 g/mol. The second-order valence-corrected chi connectivity index (χ2v) is 11.3. The lowest BCUT2D eigenvalue weighted by atomic mass is 9.83. The average molecular weight is 510 g/mol. The highest BCUT2D eigenvalue weighted by atomic mass is 19.1. The Hall–Kier alpha value is -2.02. The van der Waals surface area contributed by atoms with Crippen molar-refractivity contribution >= 4 is 5.82 Å². The molecule has 0 amide bonds. The molecule has 37 heavy (non-hydrogen) atoms. The van der Waals surface area contributed by atoms with Gasteiger partial charge in [-0.3, -0.25) is 4.90 Å². The standard InChI is InChI=1S/C31H44FN3O2/c1-22(30-19-25(32)10-12-29(30)23-13-17-36-18-14-23)35(2)27-20-28(21-27)37-16-5-3-4-8-26-11-9-24-7-6-15-33-31(24)34-26/h9-12,19,22-23,27-28H,3-8,13-18,20-21H2,1-2H3,(H,33,34). The quantitative estimate of drug-likeness (QED) is 0.354. The number of pyridine rings is 1. The molecule has 6 heteroatoms. The minimum Gasteiger partial charge on any atom is -0.381 e. The van der Waals surface area contributed by atoms with Crippen LogP contribution in [0.2, 0.25) is 0 Å². The summed E-state index contributed by atoms with van der Waals surface area (Å²) in [4.78, 5) is 7.23. The van der Waals surface area contributed by atoms with Gasteiger partial charge in [0.1, 0.15) is 11.6 Å². The summed E-state index contributed by atoms with van der Waals surface area (Å²) in [6.45, 7) is 5.71. The first kappa shape index (κ1) is 26.6. The van der Waals surface area contributed by atoms with Gasteiger partial charge < -0.3 is 14.8 Å². The van der Waals surface area contributed by atoms with E-state index in [1.165, 1.54) is 29.7 Å². The van der Waals surface area contributed by atoms with Crippen molar-refractivity contribution in [1.82, 2.24) is 9.88 Å². The second kappa shape index (κ2) is 12.7. The number of hydrogen-bond donors (Lipinski definition) is 1. The maximum atomic E-state index is 14.2. The number of aryl methyl sites for hydroxylation is 2. The van der Waals surface area contributed by atoms with Crippen molar-refractivity contribution in [3.8, 4) is 0 Å². The fourth-order valence-electron chi connectivity index (χ4n) is 6.17. The molecule has 0 bridgehead atoms. The van der Waals surface area contributed by atoms with E-state index in [2.05, 4.69) is 36.3 Å². The van der Waals surface area contributed by atoms with Gasteiger partial charge in [-0.05, 0) is 113 Å². The van der Waals surface area contributed by atoms with Crippen molar-refractivity contribution in [3.63, 3.8) is 0 Å². The number of aromatic nitrogens is 1. The number of fused-ring (bicyclic) bond motifs is 1. The third-order valence-electron chi connectivity index (χ3n) is 8.80. The van der Waals surface area contributed by atoms with Gasteiger partial charge in [-0.1, -0.05) is 18.6 Å². The van der Waals surface area contributed by atoms with Crippen LogP contribution in [0, 0.1) is 5.82 Å². The smallest absolute Gasteiger partial charge is 0.129 e. The van der Waals surface area contributed by atoms with Crippen LogP contribution in [-0.2, 0) is 22.3 Å². The number of anilines is 1. The summed E-state index contributed by atoms with van der Waals surface area (Å²) in [7, 11) is 2.19. The Balaban J connectivity index is 1.01. The van der Waals surface area contributed by atoms with Crippen LogP contribution in [0.15, 0.2) is 30.3 Å². The van der Waals surface area contributed by atoms with Crippen LogP contribution < -0.4 is 5.32 Å². The minimum atomic E-state index is -0.139. The third-order valence-corrected chi connectivity index (χ3v) is 8.80. The first-order chi connectivity index (χ1) is 18.1. The third kappa shape index (κ3) is 6.71. The van der Waals surface area contributed by atoms with E-state index in [1.54, 1.807) is 12.1 Å². The van der Waals surface area contributed by atoms with Crippen molar-refractivity contribution < 1.29 is 13.9 Å². The van der Waals surface area contributed by atoms with Crippen LogP contribution in [0.5, 0.6) is 0 Å². The fraction of sp³-hybridized carbons (Fsp3) is 0.645. The highest BCUT2D eigenvalue weighted by Crippen LogP contribution is 2.38. The zero-order chi connectivity index (χ0) is 25.6. The minimum absolute atomic E-state index is 0.139. The van der Waals surface area contributed by atoms with E-state index in [9.17, 15) is 4.39 Å². The molecule has 0 spiro atoms. The zero-order valence-electron chi connectivity index (χ0n) is 22.7. The Labute approximate surface area is 222 Å². The molecule has 1 aliphatic carbocycles. The van der Waals surface area contributed by atoms with Crippen molar-refractivity contribution in [3.05, 3.63) is 58.5 Å². The maximum Gasteiger partial charge on any atom is 0.129 e. The summed E-state index contributed by atoms with van der Waals surface area (Å²) < 4.78 is 26.0. The van der Waals surface area contributed by atoms with Crippen molar-refractivity contribution in [1.29, 1.82) is 0 Å². The number of benzene rings is 1. The highest BCUT2D eigenvalue weighted by Gasteiger charge is 2.35. The summed E-state index contributed by atoms with van der Waals surface area (Å²) in [5.74, 6) is 1.43. The SMILES string of the molecule is CC(c1cc(F)ccc1C1CCOCC1)N(C)C1CC(OCCCCCc2ccc3c(n2)NCCC3)C1. The van der Waals surface area contributed by atoms with E-state index in [1.807, 2.05) is 6.07 Å². The molecule has 1 aromatic heterocycles. The first-order valence-electron chi connectivity index (χ1n) is 14.5. The summed E-state index contributed by atoms with van der Waals surface area (Å²) >= 11 is 0. The van der Waals surface area contributed by atoms with Gasteiger partial charge in [0.05, 0.1) is 6.10 Å². The monoisotopic (exact) mass is 509 g/mol. The van der Waals surface area contributed by atoms with E-state index in [4.69, 9.17) is 14.5 Å². The van der Waals surface area contributed by atoms with Gasteiger partial charge in [0.25, 0.3) is 0 Å². The van der Waals surface area contributed by atoms with Crippen LogP contribution >= 0.6 is 0 Å². The molecule has 1 unspecified atom stereocenters. The summed E-state index contributed by atoms with van der Waals surface area (Å²) in [6.07, 6.45) is 11.4. The Morgan fingerprint density at radius 2 is 1.97 bits per heavy atom. The molecule has 2 aromatic rings. The largest absolute Gasteiger partial charge is 0.381 e. The van der Waals surface area contributed by atoms with Crippen molar-refractivity contribution in [2.45, 2.75) is 95.2 Å². The van der Waals surface area contributed by atoms with Crippen LogP contribution in [0.1, 0.15) is 92.6 Å². The molecule has 1 N–H and O–H groups in total. The Morgan fingerprint density at radius 1 is 1.14 bits per heavy atom. The van der Waals surface area contributed by atoms with Gasteiger partial charge in [-0.2, -0.15) is 0 Å². The molecule has 1 aromatic carbocycles. The van der Waals surface area contributed by atoms with E-state index in [0.717, 1.165) is 89.1 Å². The van der Waals surface area contributed by atoms with E-state index < -0.39 is 0 Å². The fourth-order valence-corrected chi connectivity index (χ4v) is 6.17. The summed E-state index contributed by atoms with van der Waals surface area (Å²) in [5, 5.41) is 3.43. The molecule has 3 aliphatic rings. The van der Waals surface area contributed by atoms with Crippen LogP contribution in [-0.4, -0.2) is 55.4 Å². The molecule has 5 nitrogen and oxygen atoms in total. The van der Waals surface area contributed by atoms with Gasteiger partial charge in [-0.15, -0.1) is 0 Å². The molecule has 0 radical (unpaired) electrons. The molecule has 1 atom stereocenters. The number of rotatable bonds is 11. The van der Waals surface area contributed by atoms with Crippen molar-refractivity contribution in [2.24, 2.45) is 0 Å². The van der Waals surface area contributed by atoms with E-state index in [-0.39, 0.29) is 11.9 Å². The molecular formula is C31H44FN3O2. The number of nitrogens with zero attached hydrogens (tertiary/aromatic N) is 2. The number of ether oxygens (including phenoxy) is 2. The predicted molar refractivity (Wildman–Crippen MR) is 147 cm³/mol. The topological polar surface area (TPSA) is 46.6 Å². The molecule has 2 aliphatic heterocycles. The number of halogens is 1. The number of nitrogens with one attached hydrogen (secondary N) is 1. The lowest BCUT2D eigenvalue weighted by molar-refractivity contribution is -0.0541. The Kier molecular flexibility index (Phi) is 9.11. The van der Waals surface area contributed by atoms with Crippen molar-refractivity contribution in [2.75, 3.05) is 38.7 Å². The van der Waals surface area contributed by atoms with Gasteiger partial charge in [0.15, 0.2) is 0 Å². The molecule has 1 saturated heterocycles. The van der Waals surface area contributed by atoms with Gasteiger partial charge in [0, 0.05) is 44.1 Å². The van der Waals surface area contributed by atoms with Gasteiger partial charge in [-0.25, -0.2) is 9.37 Å². The van der Waals surface area contributed by atoms with Crippen LogP contribution in [0.4, 0.5) is 10.2 Å². The first-order valence-corrected chi connectivity index (χ1v) is 14.5. The molecule has 3 heterocycles. The Morgan fingerprint density at radius 3 is 2.81 bits per heavy atom. The normalized spacial score (nSPS) is 22.8.